The zero-order valence-electron chi connectivity index (χ0n) is 52.7. The molecule has 0 amide bonds. The van der Waals surface area contributed by atoms with Gasteiger partial charge < -0.3 is 14.2 Å². The second-order valence-electron chi connectivity index (χ2n) is 23.8. The Kier molecular flexibility index (Phi) is 65.1. The Bertz CT molecular complexity index is 1300. The lowest BCUT2D eigenvalue weighted by Crippen LogP contribution is -2.30. The van der Waals surface area contributed by atoms with Gasteiger partial charge in [0.15, 0.2) is 6.10 Å². The molecule has 0 aliphatic heterocycles. The zero-order chi connectivity index (χ0) is 56.4. The van der Waals surface area contributed by atoms with E-state index in [0.29, 0.717) is 19.3 Å². The minimum absolute atomic E-state index is 0.0684. The molecule has 78 heavy (non-hydrogen) atoms. The lowest BCUT2D eigenvalue weighted by molar-refractivity contribution is -0.167. The molecule has 0 saturated carbocycles. The summed E-state index contributed by atoms with van der Waals surface area (Å²) in [5.41, 5.74) is 0. The van der Waals surface area contributed by atoms with Crippen LogP contribution in [0.4, 0.5) is 0 Å². The summed E-state index contributed by atoms with van der Waals surface area (Å²) in [5.74, 6) is -0.853. The first-order valence-electron chi connectivity index (χ1n) is 35.0. The number of allylic oxidation sites excluding steroid dienone is 6. The van der Waals surface area contributed by atoms with E-state index in [4.69, 9.17) is 14.2 Å². The van der Waals surface area contributed by atoms with E-state index in [1.165, 1.54) is 276 Å². The van der Waals surface area contributed by atoms with Crippen LogP contribution in [0, 0.1) is 0 Å². The molecular weight excluding hydrogens is 961 g/mol. The summed E-state index contributed by atoms with van der Waals surface area (Å²) >= 11 is 0. The summed E-state index contributed by atoms with van der Waals surface area (Å²) < 4.78 is 16.9. The van der Waals surface area contributed by atoms with E-state index in [1.54, 1.807) is 0 Å². The number of carbonyl (C=O) groups excluding carboxylic acids is 3. The van der Waals surface area contributed by atoms with Crippen LogP contribution in [0.5, 0.6) is 0 Å². The third kappa shape index (κ3) is 64.5. The fourth-order valence-corrected chi connectivity index (χ4v) is 10.6. The quantitative estimate of drug-likeness (QED) is 0.0261. The normalized spacial score (nSPS) is 12.2. The van der Waals surface area contributed by atoms with E-state index >= 15 is 0 Å². The molecule has 6 nitrogen and oxygen atoms in total. The zero-order valence-corrected chi connectivity index (χ0v) is 52.7. The van der Waals surface area contributed by atoms with Gasteiger partial charge in [-0.2, -0.15) is 0 Å². The van der Waals surface area contributed by atoms with Crippen molar-refractivity contribution in [2.24, 2.45) is 0 Å². The van der Waals surface area contributed by atoms with E-state index in [2.05, 4.69) is 57.2 Å². The first kappa shape index (κ1) is 75.6. The van der Waals surface area contributed by atoms with Crippen LogP contribution in [0.15, 0.2) is 36.5 Å². The Balaban J connectivity index is 3.99. The molecule has 0 spiro atoms. The van der Waals surface area contributed by atoms with Crippen LogP contribution in [0.1, 0.15) is 387 Å². The molecule has 0 radical (unpaired) electrons. The van der Waals surface area contributed by atoms with Crippen molar-refractivity contribution < 1.29 is 28.6 Å². The van der Waals surface area contributed by atoms with Gasteiger partial charge in [0.25, 0.3) is 0 Å². The Hall–Kier alpha value is -2.37. The fourth-order valence-electron chi connectivity index (χ4n) is 10.6. The molecule has 6 heteroatoms. The molecule has 0 bridgehead atoms. The molecule has 0 heterocycles. The number of carbonyl (C=O) groups is 3. The summed E-state index contributed by atoms with van der Waals surface area (Å²) in [5, 5.41) is 0. The number of hydrogen-bond donors (Lipinski definition) is 0. The molecule has 0 rings (SSSR count). The van der Waals surface area contributed by atoms with Gasteiger partial charge in [0.1, 0.15) is 13.2 Å². The standard InChI is InChI=1S/C72H134O6/c1-4-7-10-13-16-19-22-24-26-27-28-29-30-31-32-33-34-35-36-37-38-39-40-41-42-43-44-45-46-48-50-53-56-59-62-65-71(74)77-68-69(67-76-70(73)64-61-58-55-52-49-21-18-15-12-9-6-3)78-72(75)66-63-60-57-54-51-47-25-23-20-17-14-11-8-5-2/h15,18,22,24,27-28,69H,4-14,16-17,19-21,23,25-26,29-68H2,1-3H3/b18-15-,24-22-,28-27-. The minimum atomic E-state index is -0.770. The lowest BCUT2D eigenvalue weighted by atomic mass is 10.0. The Morgan fingerprint density at radius 3 is 0.756 bits per heavy atom. The number of rotatable bonds is 65. The van der Waals surface area contributed by atoms with Crippen LogP contribution >= 0.6 is 0 Å². The van der Waals surface area contributed by atoms with Gasteiger partial charge in [-0.05, 0) is 70.6 Å². The number of ether oxygens (including phenoxy) is 3. The molecule has 0 saturated heterocycles. The maximum Gasteiger partial charge on any atom is 0.306 e. The average Bonchev–Trinajstić information content (AvgIpc) is 3.44. The molecule has 0 aromatic rings. The predicted octanol–water partition coefficient (Wildman–Crippen LogP) is 23.9. The molecule has 458 valence electrons. The van der Waals surface area contributed by atoms with Crippen molar-refractivity contribution in [3.63, 3.8) is 0 Å². The highest BCUT2D eigenvalue weighted by atomic mass is 16.6. The van der Waals surface area contributed by atoms with Crippen molar-refractivity contribution >= 4 is 17.9 Å². The highest BCUT2D eigenvalue weighted by Gasteiger charge is 2.19. The smallest absolute Gasteiger partial charge is 0.306 e. The fraction of sp³-hybridized carbons (Fsp3) is 0.875. The Labute approximate surface area is 486 Å². The number of hydrogen-bond acceptors (Lipinski definition) is 6. The number of esters is 3. The Morgan fingerprint density at radius 2 is 0.474 bits per heavy atom. The largest absolute Gasteiger partial charge is 0.462 e. The molecule has 0 aromatic heterocycles. The monoisotopic (exact) mass is 1100 g/mol. The van der Waals surface area contributed by atoms with Gasteiger partial charge in [-0.25, -0.2) is 0 Å². The van der Waals surface area contributed by atoms with Crippen LogP contribution < -0.4 is 0 Å². The van der Waals surface area contributed by atoms with Crippen molar-refractivity contribution in [2.45, 2.75) is 393 Å². The first-order valence-corrected chi connectivity index (χ1v) is 35.0. The summed E-state index contributed by atoms with van der Waals surface area (Å²) in [4.78, 5) is 38.2. The van der Waals surface area contributed by atoms with Crippen molar-refractivity contribution in [2.75, 3.05) is 13.2 Å². The van der Waals surface area contributed by atoms with Crippen molar-refractivity contribution in [3.8, 4) is 0 Å². The molecule has 0 aromatic carbocycles. The van der Waals surface area contributed by atoms with Crippen molar-refractivity contribution in [1.82, 2.24) is 0 Å². The van der Waals surface area contributed by atoms with Crippen molar-refractivity contribution in [1.29, 1.82) is 0 Å². The minimum Gasteiger partial charge on any atom is -0.462 e. The molecule has 1 atom stereocenters. The predicted molar refractivity (Wildman–Crippen MR) is 339 cm³/mol. The summed E-state index contributed by atoms with van der Waals surface area (Å²) in [7, 11) is 0. The highest BCUT2D eigenvalue weighted by molar-refractivity contribution is 5.71. The van der Waals surface area contributed by atoms with E-state index in [0.717, 1.165) is 70.6 Å². The topological polar surface area (TPSA) is 78.9 Å². The van der Waals surface area contributed by atoms with Gasteiger partial charge in [-0.1, -0.05) is 333 Å². The second-order valence-corrected chi connectivity index (χ2v) is 23.8. The van der Waals surface area contributed by atoms with Gasteiger partial charge in [0.2, 0.25) is 0 Å². The van der Waals surface area contributed by atoms with Gasteiger partial charge in [-0.15, -0.1) is 0 Å². The van der Waals surface area contributed by atoms with Crippen LogP contribution in [0.2, 0.25) is 0 Å². The van der Waals surface area contributed by atoms with E-state index in [1.807, 2.05) is 0 Å². The maximum atomic E-state index is 12.9. The van der Waals surface area contributed by atoms with E-state index in [-0.39, 0.29) is 31.1 Å². The van der Waals surface area contributed by atoms with Gasteiger partial charge in [0, 0.05) is 19.3 Å². The third-order valence-corrected chi connectivity index (χ3v) is 15.9. The molecule has 0 aliphatic rings. The van der Waals surface area contributed by atoms with Gasteiger partial charge >= 0.3 is 17.9 Å². The van der Waals surface area contributed by atoms with Gasteiger partial charge in [0.05, 0.1) is 0 Å². The number of unbranched alkanes of at least 4 members (excludes halogenated alkanes) is 48. The van der Waals surface area contributed by atoms with Crippen LogP contribution in [0.3, 0.4) is 0 Å². The summed E-state index contributed by atoms with van der Waals surface area (Å²) in [6.07, 6.45) is 83.4. The highest BCUT2D eigenvalue weighted by Crippen LogP contribution is 2.18. The van der Waals surface area contributed by atoms with Crippen LogP contribution in [0.25, 0.3) is 0 Å². The summed E-state index contributed by atoms with van der Waals surface area (Å²) in [6.45, 7) is 6.64. The molecule has 0 aliphatic carbocycles. The van der Waals surface area contributed by atoms with Crippen LogP contribution in [-0.4, -0.2) is 37.2 Å². The molecule has 0 N–H and O–H groups in total. The van der Waals surface area contributed by atoms with Gasteiger partial charge in [-0.3, -0.25) is 14.4 Å². The molecule has 0 fully saturated rings. The average molecular weight is 1100 g/mol. The third-order valence-electron chi connectivity index (χ3n) is 15.9. The summed E-state index contributed by atoms with van der Waals surface area (Å²) in [6, 6.07) is 0. The lowest BCUT2D eigenvalue weighted by Gasteiger charge is -2.18. The first-order chi connectivity index (χ1) is 38.5. The Morgan fingerprint density at radius 1 is 0.256 bits per heavy atom. The van der Waals surface area contributed by atoms with E-state index < -0.39 is 6.10 Å². The maximum absolute atomic E-state index is 12.9. The van der Waals surface area contributed by atoms with E-state index in [9.17, 15) is 14.4 Å². The molecular formula is C72H134O6. The SMILES string of the molecule is CCCC/C=C\CCCCCCCC(=O)OCC(COC(=O)CCCCCCCCCCCCCCCCCCCCCCCCC/C=C\C/C=C\CCCCCCC)OC(=O)CCCCCCCCCCCCCCCC. The molecule has 1 unspecified atom stereocenters. The van der Waals surface area contributed by atoms with Crippen molar-refractivity contribution in [3.05, 3.63) is 36.5 Å². The second kappa shape index (κ2) is 67.1. The van der Waals surface area contributed by atoms with Crippen LogP contribution in [-0.2, 0) is 28.6 Å².